The summed E-state index contributed by atoms with van der Waals surface area (Å²) in [7, 11) is 0. The van der Waals surface area contributed by atoms with Gasteiger partial charge >= 0.3 is 0 Å². The van der Waals surface area contributed by atoms with Gasteiger partial charge in [-0.2, -0.15) is 0 Å². The van der Waals surface area contributed by atoms with Gasteiger partial charge < -0.3 is 15.2 Å². The van der Waals surface area contributed by atoms with Crippen LogP contribution in [0, 0.1) is 0 Å². The summed E-state index contributed by atoms with van der Waals surface area (Å²) in [6.45, 7) is 4.59. The van der Waals surface area contributed by atoms with Crippen LogP contribution in [0.15, 0.2) is 61.2 Å². The van der Waals surface area contributed by atoms with E-state index in [1.165, 1.54) is 17.5 Å². The van der Waals surface area contributed by atoms with Crippen molar-refractivity contribution in [1.82, 2.24) is 5.32 Å². The van der Waals surface area contributed by atoms with Crippen LogP contribution in [0.4, 0.5) is 0 Å². The zero-order valence-corrected chi connectivity index (χ0v) is 15.9. The second-order valence-corrected chi connectivity index (χ2v) is 6.62. The van der Waals surface area contributed by atoms with Crippen molar-refractivity contribution < 1.29 is 9.84 Å². The van der Waals surface area contributed by atoms with E-state index in [0.717, 1.165) is 30.6 Å². The second kappa shape index (κ2) is 10.4. The van der Waals surface area contributed by atoms with Gasteiger partial charge in [0, 0.05) is 12.6 Å². The highest BCUT2D eigenvalue weighted by Gasteiger charge is 2.20. The molecule has 0 unspecified atom stereocenters. The normalized spacial score (nSPS) is 16.9. The predicted molar refractivity (Wildman–Crippen MR) is 109 cm³/mol. The van der Waals surface area contributed by atoms with Gasteiger partial charge in [-0.3, -0.25) is 0 Å². The SMILES string of the molecule is C=CCc1ccccc1OC[C@@H](O)CN[C@H]1CCCc2ccccc21.Cl. The van der Waals surface area contributed by atoms with E-state index in [4.69, 9.17) is 4.74 Å². The molecule has 0 heterocycles. The molecule has 0 saturated heterocycles. The number of aliphatic hydroxyl groups excluding tert-OH is 1. The lowest BCUT2D eigenvalue weighted by Gasteiger charge is -2.27. The van der Waals surface area contributed by atoms with Crippen LogP contribution >= 0.6 is 12.4 Å². The minimum Gasteiger partial charge on any atom is -0.491 e. The molecule has 0 aliphatic heterocycles. The molecule has 1 aliphatic rings. The summed E-state index contributed by atoms with van der Waals surface area (Å²) < 4.78 is 5.82. The van der Waals surface area contributed by atoms with Gasteiger partial charge in [-0.1, -0.05) is 48.5 Å². The third-order valence-corrected chi connectivity index (χ3v) is 4.74. The zero-order valence-electron chi connectivity index (χ0n) is 15.1. The van der Waals surface area contributed by atoms with Crippen LogP contribution in [-0.4, -0.2) is 24.4 Å². The first-order chi connectivity index (χ1) is 12.3. The number of para-hydroxylation sites is 1. The van der Waals surface area contributed by atoms with Gasteiger partial charge in [-0.25, -0.2) is 0 Å². The molecule has 0 amide bonds. The molecule has 0 spiro atoms. The number of benzene rings is 2. The Bertz CT molecular complexity index is 704. The van der Waals surface area contributed by atoms with Crippen LogP contribution in [0.3, 0.4) is 0 Å². The highest BCUT2D eigenvalue weighted by molar-refractivity contribution is 5.85. The number of rotatable bonds is 8. The minimum atomic E-state index is -0.536. The standard InChI is InChI=1S/C22H27NO2.ClH/c1-2-8-18-10-4-6-14-22(18)25-16-19(24)15-23-21-13-7-11-17-9-3-5-12-20(17)21;/h2-6,9-10,12,14,19,21,23-24H,1,7-8,11,13,15-16H2;1H/t19-,21-;/m0./s1. The van der Waals surface area contributed by atoms with Crippen molar-refractivity contribution >= 4 is 12.4 Å². The van der Waals surface area contributed by atoms with E-state index in [0.29, 0.717) is 12.6 Å². The number of fused-ring (bicyclic) bond motifs is 1. The molecule has 2 N–H and O–H groups in total. The van der Waals surface area contributed by atoms with Crippen molar-refractivity contribution in [2.24, 2.45) is 0 Å². The van der Waals surface area contributed by atoms with Crippen LogP contribution < -0.4 is 10.1 Å². The van der Waals surface area contributed by atoms with Gasteiger partial charge in [0.25, 0.3) is 0 Å². The molecule has 3 nitrogen and oxygen atoms in total. The molecule has 3 rings (SSSR count). The number of hydrogen-bond donors (Lipinski definition) is 2. The van der Waals surface area contributed by atoms with Gasteiger partial charge in [-0.15, -0.1) is 19.0 Å². The Hall–Kier alpha value is -1.81. The highest BCUT2D eigenvalue weighted by Crippen LogP contribution is 2.29. The van der Waals surface area contributed by atoms with Crippen LogP contribution in [-0.2, 0) is 12.8 Å². The van der Waals surface area contributed by atoms with Crippen molar-refractivity contribution in [1.29, 1.82) is 0 Å². The Kier molecular flexibility index (Phi) is 8.17. The largest absolute Gasteiger partial charge is 0.491 e. The minimum absolute atomic E-state index is 0. The molecule has 0 bridgehead atoms. The fourth-order valence-electron chi connectivity index (χ4n) is 3.46. The first-order valence-corrected chi connectivity index (χ1v) is 9.08. The number of aryl methyl sites for hydroxylation is 1. The molecule has 0 aromatic heterocycles. The van der Waals surface area contributed by atoms with E-state index in [2.05, 4.69) is 36.2 Å². The molecule has 2 aromatic rings. The number of allylic oxidation sites excluding steroid dienone is 1. The fraction of sp³-hybridized carbons (Fsp3) is 0.364. The summed E-state index contributed by atoms with van der Waals surface area (Å²) in [4.78, 5) is 0. The monoisotopic (exact) mass is 373 g/mol. The van der Waals surface area contributed by atoms with E-state index < -0.39 is 6.10 Å². The van der Waals surface area contributed by atoms with Crippen molar-refractivity contribution in [2.45, 2.75) is 37.8 Å². The molecule has 0 fully saturated rings. The first kappa shape index (κ1) is 20.5. The summed E-state index contributed by atoms with van der Waals surface area (Å²) in [5.74, 6) is 0.824. The molecule has 2 atom stereocenters. The predicted octanol–water partition coefficient (Wildman–Crippen LogP) is 4.24. The Morgan fingerprint density at radius 1 is 1.19 bits per heavy atom. The number of nitrogens with one attached hydrogen (secondary N) is 1. The fourth-order valence-corrected chi connectivity index (χ4v) is 3.46. The van der Waals surface area contributed by atoms with Gasteiger partial charge in [0.2, 0.25) is 0 Å². The van der Waals surface area contributed by atoms with Crippen molar-refractivity contribution in [3.8, 4) is 5.75 Å². The molecule has 1 aliphatic carbocycles. The van der Waals surface area contributed by atoms with Gasteiger partial charge in [-0.05, 0) is 48.4 Å². The summed E-state index contributed by atoms with van der Waals surface area (Å²) in [6, 6.07) is 16.8. The van der Waals surface area contributed by atoms with E-state index >= 15 is 0 Å². The molecule has 0 radical (unpaired) electrons. The Balaban J connectivity index is 0.00000243. The maximum Gasteiger partial charge on any atom is 0.122 e. The number of aliphatic hydroxyl groups is 1. The highest BCUT2D eigenvalue weighted by atomic mass is 35.5. The molecule has 26 heavy (non-hydrogen) atoms. The molecule has 4 heteroatoms. The van der Waals surface area contributed by atoms with Gasteiger partial charge in [0.15, 0.2) is 0 Å². The summed E-state index contributed by atoms with van der Waals surface area (Å²) in [5.41, 5.74) is 3.90. The van der Waals surface area contributed by atoms with Crippen LogP contribution in [0.25, 0.3) is 0 Å². The Labute approximate surface area is 162 Å². The van der Waals surface area contributed by atoms with Crippen molar-refractivity contribution in [3.05, 3.63) is 77.9 Å². The number of halogens is 1. The van der Waals surface area contributed by atoms with E-state index in [-0.39, 0.29) is 19.0 Å². The van der Waals surface area contributed by atoms with E-state index in [1.54, 1.807) is 0 Å². The third-order valence-electron chi connectivity index (χ3n) is 4.74. The first-order valence-electron chi connectivity index (χ1n) is 9.08. The van der Waals surface area contributed by atoms with E-state index in [1.807, 2.05) is 30.3 Å². The van der Waals surface area contributed by atoms with Crippen molar-refractivity contribution in [2.75, 3.05) is 13.2 Å². The average molecular weight is 374 g/mol. The molecular formula is C22H28ClNO2. The molecule has 0 saturated carbocycles. The lowest BCUT2D eigenvalue weighted by molar-refractivity contribution is 0.102. The van der Waals surface area contributed by atoms with Crippen LogP contribution in [0.5, 0.6) is 5.75 Å². The smallest absolute Gasteiger partial charge is 0.122 e. The maximum atomic E-state index is 10.3. The third kappa shape index (κ3) is 5.34. The average Bonchev–Trinajstić information content (AvgIpc) is 2.66. The molecular weight excluding hydrogens is 346 g/mol. The lowest BCUT2D eigenvalue weighted by Crippen LogP contribution is -2.35. The lowest BCUT2D eigenvalue weighted by atomic mass is 9.88. The van der Waals surface area contributed by atoms with Gasteiger partial charge in [0.1, 0.15) is 18.5 Å². The number of hydrogen-bond acceptors (Lipinski definition) is 3. The summed E-state index contributed by atoms with van der Waals surface area (Å²) >= 11 is 0. The summed E-state index contributed by atoms with van der Waals surface area (Å²) in [5, 5.41) is 13.8. The second-order valence-electron chi connectivity index (χ2n) is 6.62. The maximum absolute atomic E-state index is 10.3. The van der Waals surface area contributed by atoms with E-state index in [9.17, 15) is 5.11 Å². The summed E-state index contributed by atoms with van der Waals surface area (Å²) in [6.07, 6.45) is 5.55. The van der Waals surface area contributed by atoms with Crippen molar-refractivity contribution in [3.63, 3.8) is 0 Å². The van der Waals surface area contributed by atoms with Gasteiger partial charge in [0.05, 0.1) is 0 Å². The van der Waals surface area contributed by atoms with Crippen LogP contribution in [0.1, 0.15) is 35.6 Å². The molecule has 2 aromatic carbocycles. The molecule has 140 valence electrons. The zero-order chi connectivity index (χ0) is 17.5. The quantitative estimate of drug-likeness (QED) is 0.680. The number of ether oxygens (including phenoxy) is 1. The Morgan fingerprint density at radius 3 is 2.81 bits per heavy atom. The Morgan fingerprint density at radius 2 is 1.96 bits per heavy atom. The topological polar surface area (TPSA) is 41.5 Å². The van der Waals surface area contributed by atoms with Crippen LogP contribution in [0.2, 0.25) is 0 Å².